The second-order valence-electron chi connectivity index (χ2n) is 3.98. The molecular formula is C12H13F2N3O2. The van der Waals surface area contributed by atoms with Crippen LogP contribution in [-0.2, 0) is 12.8 Å². The summed E-state index contributed by atoms with van der Waals surface area (Å²) in [7, 11) is 0. The van der Waals surface area contributed by atoms with Crippen LogP contribution in [0.25, 0.3) is 11.5 Å². The van der Waals surface area contributed by atoms with Crippen molar-refractivity contribution in [3.63, 3.8) is 0 Å². The lowest BCUT2D eigenvalue weighted by Crippen LogP contribution is -2.20. The minimum absolute atomic E-state index is 0.0319. The van der Waals surface area contributed by atoms with Crippen molar-refractivity contribution in [3.8, 4) is 11.5 Å². The maximum absolute atomic E-state index is 12.2. The van der Waals surface area contributed by atoms with Crippen LogP contribution in [0.15, 0.2) is 22.9 Å². The molecule has 5 nitrogen and oxygen atoms in total. The van der Waals surface area contributed by atoms with Gasteiger partial charge in [0.05, 0.1) is 6.42 Å². The van der Waals surface area contributed by atoms with Gasteiger partial charge in [-0.05, 0) is 18.1 Å². The van der Waals surface area contributed by atoms with Gasteiger partial charge in [0.1, 0.15) is 11.8 Å². The minimum atomic E-state index is -2.84. The molecule has 0 aromatic carbocycles. The topological polar surface area (TPSA) is 72.0 Å². The highest BCUT2D eigenvalue weighted by molar-refractivity contribution is 5.53. The Morgan fingerprint density at radius 1 is 1.42 bits per heavy atom. The molecule has 0 aliphatic carbocycles. The van der Waals surface area contributed by atoms with E-state index in [9.17, 15) is 8.78 Å². The lowest BCUT2D eigenvalue weighted by atomic mass is 10.1. The fraction of sp³-hybridized carbons (Fsp3) is 0.417. The smallest absolute Gasteiger partial charge is 0.264 e. The molecule has 2 aromatic heterocycles. The molecule has 0 aliphatic heterocycles. The summed E-state index contributed by atoms with van der Waals surface area (Å²) in [5.74, 6) is 0.212. The third-order valence-corrected chi connectivity index (χ3v) is 2.63. The van der Waals surface area contributed by atoms with Crippen molar-refractivity contribution >= 4 is 0 Å². The summed E-state index contributed by atoms with van der Waals surface area (Å²) in [5.41, 5.74) is 1.50. The van der Waals surface area contributed by atoms with E-state index < -0.39 is 12.5 Å². The molecule has 0 bridgehead atoms. The van der Waals surface area contributed by atoms with E-state index in [0.29, 0.717) is 5.69 Å². The summed E-state index contributed by atoms with van der Waals surface area (Å²) in [5, 5.41) is 12.8. The maximum atomic E-state index is 12.2. The zero-order chi connectivity index (χ0) is 13.8. The van der Waals surface area contributed by atoms with Crippen LogP contribution >= 0.6 is 0 Å². The number of halogens is 2. The molecule has 0 saturated heterocycles. The Balaban J connectivity index is 2.21. The van der Waals surface area contributed by atoms with Gasteiger partial charge in [-0.1, -0.05) is 18.1 Å². The summed E-state index contributed by atoms with van der Waals surface area (Å²) >= 11 is 0. The Kier molecular flexibility index (Phi) is 4.16. The van der Waals surface area contributed by atoms with Gasteiger partial charge in [-0.3, -0.25) is 4.98 Å². The first-order valence-corrected chi connectivity index (χ1v) is 5.85. The summed E-state index contributed by atoms with van der Waals surface area (Å²) in [6.45, 7) is 1.96. The number of aromatic nitrogens is 3. The van der Waals surface area contributed by atoms with E-state index in [1.807, 2.05) is 13.0 Å². The molecule has 1 N–H and O–H groups in total. The highest BCUT2D eigenvalue weighted by Gasteiger charge is 2.21. The Bertz CT molecular complexity index is 545. The number of rotatable bonds is 5. The van der Waals surface area contributed by atoms with Gasteiger partial charge in [0.25, 0.3) is 6.43 Å². The van der Waals surface area contributed by atoms with E-state index in [-0.39, 0.29) is 18.1 Å². The van der Waals surface area contributed by atoms with Crippen molar-refractivity contribution in [1.29, 1.82) is 0 Å². The first-order chi connectivity index (χ1) is 9.11. The van der Waals surface area contributed by atoms with E-state index in [0.717, 1.165) is 12.0 Å². The molecule has 1 unspecified atom stereocenters. The Morgan fingerprint density at radius 2 is 2.21 bits per heavy atom. The van der Waals surface area contributed by atoms with Crippen molar-refractivity contribution in [2.45, 2.75) is 32.3 Å². The van der Waals surface area contributed by atoms with Gasteiger partial charge in [0, 0.05) is 6.20 Å². The number of nitrogens with zero attached hydrogens (tertiary/aromatic N) is 3. The van der Waals surface area contributed by atoms with Crippen LogP contribution in [-0.4, -0.2) is 32.8 Å². The first kappa shape index (κ1) is 13.5. The number of aliphatic hydroxyl groups excluding tert-OH is 1. The predicted molar refractivity (Wildman–Crippen MR) is 62.6 cm³/mol. The quantitative estimate of drug-likeness (QED) is 0.897. The average molecular weight is 269 g/mol. The fourth-order valence-electron chi connectivity index (χ4n) is 1.63. The molecule has 2 heterocycles. The third kappa shape index (κ3) is 3.11. The van der Waals surface area contributed by atoms with E-state index in [1.54, 1.807) is 12.3 Å². The van der Waals surface area contributed by atoms with Crippen LogP contribution in [0, 0.1) is 0 Å². The van der Waals surface area contributed by atoms with Gasteiger partial charge in [-0.2, -0.15) is 4.98 Å². The van der Waals surface area contributed by atoms with Gasteiger partial charge >= 0.3 is 0 Å². The van der Waals surface area contributed by atoms with Crippen LogP contribution in [0.3, 0.4) is 0 Å². The van der Waals surface area contributed by atoms with Gasteiger partial charge in [-0.25, -0.2) is 8.78 Å². The van der Waals surface area contributed by atoms with Gasteiger partial charge in [0.15, 0.2) is 0 Å². The maximum Gasteiger partial charge on any atom is 0.264 e. The number of alkyl halides is 2. The number of hydrogen-bond acceptors (Lipinski definition) is 5. The zero-order valence-corrected chi connectivity index (χ0v) is 10.3. The minimum Gasteiger partial charge on any atom is -0.387 e. The molecule has 1 atom stereocenters. The van der Waals surface area contributed by atoms with Crippen molar-refractivity contribution in [2.75, 3.05) is 0 Å². The molecule has 19 heavy (non-hydrogen) atoms. The van der Waals surface area contributed by atoms with Crippen LogP contribution < -0.4 is 0 Å². The normalized spacial score (nSPS) is 12.9. The molecular weight excluding hydrogens is 256 g/mol. The second kappa shape index (κ2) is 5.83. The molecule has 2 rings (SSSR count). The third-order valence-electron chi connectivity index (χ3n) is 2.63. The largest absolute Gasteiger partial charge is 0.387 e. The fourth-order valence-corrected chi connectivity index (χ4v) is 1.63. The molecule has 102 valence electrons. The van der Waals surface area contributed by atoms with Gasteiger partial charge in [-0.15, -0.1) is 0 Å². The monoisotopic (exact) mass is 269 g/mol. The number of aliphatic hydroxyl groups is 1. The first-order valence-electron chi connectivity index (χ1n) is 5.85. The number of hydrogen-bond donors (Lipinski definition) is 1. The molecule has 0 spiro atoms. The lowest BCUT2D eigenvalue weighted by Gasteiger charge is -2.04. The molecule has 0 saturated carbocycles. The molecule has 2 aromatic rings. The summed E-state index contributed by atoms with van der Waals surface area (Å²) in [6, 6.07) is 3.68. The Labute approximate surface area is 108 Å². The Morgan fingerprint density at radius 3 is 2.89 bits per heavy atom. The van der Waals surface area contributed by atoms with E-state index in [1.165, 1.54) is 0 Å². The lowest BCUT2D eigenvalue weighted by molar-refractivity contribution is -0.00754. The van der Waals surface area contributed by atoms with Crippen molar-refractivity contribution in [2.24, 2.45) is 0 Å². The SMILES string of the molecule is CCc1cccnc1-c1noc(CC(O)C(F)F)n1. The average Bonchev–Trinajstić information content (AvgIpc) is 2.86. The van der Waals surface area contributed by atoms with E-state index in [2.05, 4.69) is 15.1 Å². The van der Waals surface area contributed by atoms with Crippen LogP contribution in [0.4, 0.5) is 8.78 Å². The Hall–Kier alpha value is -1.89. The van der Waals surface area contributed by atoms with Gasteiger partial charge < -0.3 is 9.63 Å². The van der Waals surface area contributed by atoms with Crippen molar-refractivity contribution < 1.29 is 18.4 Å². The molecule has 7 heteroatoms. The van der Waals surface area contributed by atoms with Crippen molar-refractivity contribution in [3.05, 3.63) is 29.8 Å². The van der Waals surface area contributed by atoms with Gasteiger partial charge in [0.2, 0.25) is 11.7 Å². The highest BCUT2D eigenvalue weighted by Crippen LogP contribution is 2.19. The molecule has 0 amide bonds. The summed E-state index contributed by atoms with van der Waals surface area (Å²) in [4.78, 5) is 8.13. The van der Waals surface area contributed by atoms with Crippen LogP contribution in [0.5, 0.6) is 0 Å². The molecule has 0 radical (unpaired) electrons. The number of aryl methyl sites for hydroxylation is 1. The zero-order valence-electron chi connectivity index (χ0n) is 10.3. The van der Waals surface area contributed by atoms with E-state index in [4.69, 9.17) is 9.63 Å². The summed E-state index contributed by atoms with van der Waals surface area (Å²) in [6.07, 6.45) is -2.68. The summed E-state index contributed by atoms with van der Waals surface area (Å²) < 4.78 is 29.3. The predicted octanol–water partition coefficient (Wildman–Crippen LogP) is 1.86. The van der Waals surface area contributed by atoms with Crippen LogP contribution in [0.1, 0.15) is 18.4 Å². The van der Waals surface area contributed by atoms with Crippen molar-refractivity contribution in [1.82, 2.24) is 15.1 Å². The number of pyridine rings is 1. The standard InChI is InChI=1S/C12H13F2N3O2/c1-2-7-4-3-5-15-10(7)12-16-9(19-17-12)6-8(18)11(13)14/h3-5,8,11,18H,2,6H2,1H3. The highest BCUT2D eigenvalue weighted by atomic mass is 19.3. The molecule has 0 fully saturated rings. The second-order valence-corrected chi connectivity index (χ2v) is 3.98. The van der Waals surface area contributed by atoms with Crippen LogP contribution in [0.2, 0.25) is 0 Å². The van der Waals surface area contributed by atoms with E-state index >= 15 is 0 Å². The molecule has 0 aliphatic rings.